The normalized spacial score (nSPS) is 16.3. The second-order valence-corrected chi connectivity index (χ2v) is 7.74. The molecule has 1 unspecified atom stereocenters. The summed E-state index contributed by atoms with van der Waals surface area (Å²) in [5.41, 5.74) is 2.94. The standard InChI is InChI=1S/C24H25FN4O/c1-17-7-9-18(10-8-17)15-27-24(30)20-5-3-13-29(16-20)22-11-12-26-23(28-22)19-4-2-6-21(25)14-19/h2,4,6-12,14,20H,3,5,13,15-16H2,1H3,(H,27,30). The number of aryl methyl sites for hydroxylation is 1. The molecule has 1 aliphatic rings. The number of anilines is 1. The van der Waals surface area contributed by atoms with E-state index in [9.17, 15) is 9.18 Å². The van der Waals surface area contributed by atoms with Crippen molar-refractivity contribution in [3.05, 3.63) is 77.7 Å². The van der Waals surface area contributed by atoms with E-state index in [2.05, 4.69) is 32.3 Å². The Kier molecular flexibility index (Phi) is 6.02. The van der Waals surface area contributed by atoms with Gasteiger partial charge in [-0.25, -0.2) is 14.4 Å². The van der Waals surface area contributed by atoms with Crippen molar-refractivity contribution in [2.24, 2.45) is 5.92 Å². The number of amides is 1. The molecule has 30 heavy (non-hydrogen) atoms. The minimum Gasteiger partial charge on any atom is -0.356 e. The van der Waals surface area contributed by atoms with Gasteiger partial charge >= 0.3 is 0 Å². The number of carbonyl (C=O) groups is 1. The number of hydrogen-bond donors (Lipinski definition) is 1. The van der Waals surface area contributed by atoms with Gasteiger partial charge in [-0.15, -0.1) is 0 Å². The molecule has 154 valence electrons. The molecule has 0 aliphatic carbocycles. The lowest BCUT2D eigenvalue weighted by Crippen LogP contribution is -2.43. The molecule has 4 rings (SSSR count). The second kappa shape index (κ2) is 9.03. The predicted molar refractivity (Wildman–Crippen MR) is 115 cm³/mol. The summed E-state index contributed by atoms with van der Waals surface area (Å²) in [6, 6.07) is 16.3. The number of hydrogen-bond acceptors (Lipinski definition) is 4. The van der Waals surface area contributed by atoms with E-state index >= 15 is 0 Å². The molecule has 1 saturated heterocycles. The zero-order valence-electron chi connectivity index (χ0n) is 17.0. The Bertz CT molecular complexity index is 1020. The van der Waals surface area contributed by atoms with Crippen LogP contribution in [0.2, 0.25) is 0 Å². The number of halogens is 1. The van der Waals surface area contributed by atoms with E-state index in [1.54, 1.807) is 18.3 Å². The van der Waals surface area contributed by atoms with Gasteiger partial charge in [0.25, 0.3) is 0 Å². The third kappa shape index (κ3) is 4.82. The van der Waals surface area contributed by atoms with Crippen molar-refractivity contribution in [3.63, 3.8) is 0 Å². The summed E-state index contributed by atoms with van der Waals surface area (Å²) in [6.45, 7) is 4.03. The average molecular weight is 404 g/mol. The maximum Gasteiger partial charge on any atom is 0.225 e. The van der Waals surface area contributed by atoms with Crippen LogP contribution >= 0.6 is 0 Å². The Morgan fingerprint density at radius 1 is 1.20 bits per heavy atom. The molecule has 1 fully saturated rings. The van der Waals surface area contributed by atoms with E-state index in [1.165, 1.54) is 17.7 Å². The van der Waals surface area contributed by atoms with Crippen molar-refractivity contribution in [1.82, 2.24) is 15.3 Å². The van der Waals surface area contributed by atoms with Gasteiger partial charge in [-0.3, -0.25) is 4.79 Å². The highest BCUT2D eigenvalue weighted by Gasteiger charge is 2.26. The van der Waals surface area contributed by atoms with Crippen molar-refractivity contribution in [2.45, 2.75) is 26.3 Å². The summed E-state index contributed by atoms with van der Waals surface area (Å²) in [4.78, 5) is 23.7. The predicted octanol–water partition coefficient (Wildman–Crippen LogP) is 4.12. The summed E-state index contributed by atoms with van der Waals surface area (Å²) in [5.74, 6) is 0.916. The van der Waals surface area contributed by atoms with Crippen molar-refractivity contribution in [3.8, 4) is 11.4 Å². The minimum absolute atomic E-state index is 0.0692. The highest BCUT2D eigenvalue weighted by Crippen LogP contribution is 2.24. The molecule has 1 atom stereocenters. The zero-order chi connectivity index (χ0) is 20.9. The molecule has 1 amide bonds. The summed E-state index contributed by atoms with van der Waals surface area (Å²) in [7, 11) is 0. The molecule has 1 N–H and O–H groups in total. The molecule has 0 saturated carbocycles. The van der Waals surface area contributed by atoms with Gasteiger partial charge in [0.2, 0.25) is 5.91 Å². The number of nitrogens with one attached hydrogen (secondary N) is 1. The summed E-state index contributed by atoms with van der Waals surface area (Å²) >= 11 is 0. The molecule has 0 spiro atoms. The third-order valence-electron chi connectivity index (χ3n) is 5.43. The smallest absolute Gasteiger partial charge is 0.225 e. The Hall–Kier alpha value is -3.28. The first-order valence-electron chi connectivity index (χ1n) is 10.3. The van der Waals surface area contributed by atoms with Crippen LogP contribution in [-0.4, -0.2) is 29.0 Å². The van der Waals surface area contributed by atoms with Crippen LogP contribution in [0.15, 0.2) is 60.8 Å². The maximum atomic E-state index is 13.6. The van der Waals surface area contributed by atoms with Crippen molar-refractivity contribution in [2.75, 3.05) is 18.0 Å². The van der Waals surface area contributed by atoms with E-state index in [0.717, 1.165) is 30.8 Å². The fraction of sp³-hybridized carbons (Fsp3) is 0.292. The fourth-order valence-corrected chi connectivity index (χ4v) is 3.73. The lowest BCUT2D eigenvalue weighted by atomic mass is 9.97. The van der Waals surface area contributed by atoms with Crippen LogP contribution in [0.25, 0.3) is 11.4 Å². The quantitative estimate of drug-likeness (QED) is 0.695. The molecule has 2 heterocycles. The number of nitrogens with zero attached hydrogens (tertiary/aromatic N) is 3. The number of carbonyl (C=O) groups excluding carboxylic acids is 1. The first-order chi connectivity index (χ1) is 14.6. The average Bonchev–Trinajstić information content (AvgIpc) is 2.79. The number of benzene rings is 2. The van der Waals surface area contributed by atoms with Gasteiger partial charge in [-0.1, -0.05) is 42.0 Å². The number of rotatable bonds is 5. The minimum atomic E-state index is -0.315. The van der Waals surface area contributed by atoms with Crippen molar-refractivity contribution < 1.29 is 9.18 Å². The van der Waals surface area contributed by atoms with Crippen LogP contribution in [0.5, 0.6) is 0 Å². The summed E-state index contributed by atoms with van der Waals surface area (Å²) < 4.78 is 13.6. The lowest BCUT2D eigenvalue weighted by Gasteiger charge is -2.33. The van der Waals surface area contributed by atoms with Gasteiger partial charge < -0.3 is 10.2 Å². The van der Waals surface area contributed by atoms with Gasteiger partial charge in [-0.2, -0.15) is 0 Å². The molecular formula is C24H25FN4O. The molecular weight excluding hydrogens is 379 g/mol. The Balaban J connectivity index is 1.41. The lowest BCUT2D eigenvalue weighted by molar-refractivity contribution is -0.125. The van der Waals surface area contributed by atoms with Gasteiger partial charge in [0.1, 0.15) is 11.6 Å². The first-order valence-corrected chi connectivity index (χ1v) is 10.3. The molecule has 0 bridgehead atoms. The van der Waals surface area contributed by atoms with Gasteiger partial charge in [0.05, 0.1) is 5.92 Å². The van der Waals surface area contributed by atoms with E-state index in [0.29, 0.717) is 24.5 Å². The van der Waals surface area contributed by atoms with Crippen LogP contribution in [0.1, 0.15) is 24.0 Å². The van der Waals surface area contributed by atoms with Crippen molar-refractivity contribution in [1.29, 1.82) is 0 Å². The topological polar surface area (TPSA) is 58.1 Å². The largest absolute Gasteiger partial charge is 0.356 e. The van der Waals surface area contributed by atoms with Crippen LogP contribution in [0.4, 0.5) is 10.2 Å². The summed E-state index contributed by atoms with van der Waals surface area (Å²) in [5, 5.41) is 3.06. The highest BCUT2D eigenvalue weighted by atomic mass is 19.1. The molecule has 1 aromatic heterocycles. The number of piperidine rings is 1. The first kappa shape index (κ1) is 20.0. The van der Waals surface area contributed by atoms with E-state index in [1.807, 2.05) is 25.1 Å². The Labute approximate surface area is 176 Å². The fourth-order valence-electron chi connectivity index (χ4n) is 3.73. The van der Waals surface area contributed by atoms with Gasteiger partial charge in [-0.05, 0) is 43.5 Å². The SMILES string of the molecule is Cc1ccc(CNC(=O)C2CCCN(c3ccnc(-c4cccc(F)c4)n3)C2)cc1. The van der Waals surface area contributed by atoms with Crippen molar-refractivity contribution >= 4 is 11.7 Å². The van der Waals surface area contributed by atoms with Crippen LogP contribution in [0, 0.1) is 18.7 Å². The summed E-state index contributed by atoms with van der Waals surface area (Å²) in [6.07, 6.45) is 3.46. The van der Waals surface area contributed by atoms with Gasteiger partial charge in [0, 0.05) is 31.4 Å². The van der Waals surface area contributed by atoms with E-state index in [-0.39, 0.29) is 17.6 Å². The monoisotopic (exact) mass is 404 g/mol. The van der Waals surface area contributed by atoms with Crippen LogP contribution in [-0.2, 0) is 11.3 Å². The molecule has 5 nitrogen and oxygen atoms in total. The third-order valence-corrected chi connectivity index (χ3v) is 5.43. The molecule has 6 heteroatoms. The van der Waals surface area contributed by atoms with Gasteiger partial charge in [0.15, 0.2) is 5.82 Å². The van der Waals surface area contributed by atoms with Crippen LogP contribution < -0.4 is 10.2 Å². The molecule has 0 radical (unpaired) electrons. The Morgan fingerprint density at radius 3 is 2.83 bits per heavy atom. The van der Waals surface area contributed by atoms with E-state index in [4.69, 9.17) is 0 Å². The van der Waals surface area contributed by atoms with Crippen LogP contribution in [0.3, 0.4) is 0 Å². The maximum absolute atomic E-state index is 13.6. The second-order valence-electron chi connectivity index (χ2n) is 7.74. The molecule has 1 aliphatic heterocycles. The molecule has 3 aromatic rings. The van der Waals surface area contributed by atoms with E-state index < -0.39 is 0 Å². The Morgan fingerprint density at radius 2 is 2.03 bits per heavy atom. The molecule has 2 aromatic carbocycles. The highest BCUT2D eigenvalue weighted by molar-refractivity contribution is 5.79. The number of aromatic nitrogens is 2. The zero-order valence-corrected chi connectivity index (χ0v) is 17.0.